The Morgan fingerprint density at radius 2 is 1.75 bits per heavy atom. The van der Waals surface area contributed by atoms with E-state index in [1.54, 1.807) is 0 Å². The van der Waals surface area contributed by atoms with Crippen LogP contribution in [-0.2, 0) is 0 Å². The Bertz CT molecular complexity index is 95.5. The molecule has 0 unspecified atom stereocenters. The van der Waals surface area contributed by atoms with Crippen LogP contribution in [0.3, 0.4) is 0 Å². The van der Waals surface area contributed by atoms with Crippen molar-refractivity contribution in [2.45, 2.75) is 6.42 Å². The highest BCUT2D eigenvalue weighted by Crippen LogP contribution is 2.01. The average molecular weight is 183 g/mol. The summed E-state index contributed by atoms with van der Waals surface area (Å²) in [5.74, 6) is -1.38. The zero-order chi connectivity index (χ0) is 6.57. The SMILES string of the molecule is OC(O)=C(O)CCBr. The van der Waals surface area contributed by atoms with E-state index in [1.165, 1.54) is 0 Å². The van der Waals surface area contributed by atoms with Gasteiger partial charge in [0.05, 0.1) is 0 Å². The Morgan fingerprint density at radius 3 is 1.88 bits per heavy atom. The number of hydrogen-bond donors (Lipinski definition) is 3. The minimum atomic E-state index is -0.996. The van der Waals surface area contributed by atoms with E-state index in [2.05, 4.69) is 15.9 Å². The monoisotopic (exact) mass is 182 g/mol. The summed E-state index contributed by atoms with van der Waals surface area (Å²) in [6.07, 6.45) is 0.238. The summed E-state index contributed by atoms with van der Waals surface area (Å²) >= 11 is 3.00. The van der Waals surface area contributed by atoms with E-state index in [0.29, 0.717) is 5.33 Å². The average Bonchev–Trinajstić information content (AvgIpc) is 1.67. The highest BCUT2D eigenvalue weighted by molar-refractivity contribution is 9.09. The largest absolute Gasteiger partial charge is 0.506 e. The predicted octanol–water partition coefficient (Wildman–Crippen LogP) is 1.61. The van der Waals surface area contributed by atoms with Crippen molar-refractivity contribution < 1.29 is 15.3 Å². The topological polar surface area (TPSA) is 60.7 Å². The highest BCUT2D eigenvalue weighted by atomic mass is 79.9. The molecule has 0 spiro atoms. The normalized spacial score (nSPS) is 8.62. The molecule has 0 radical (unpaired) electrons. The Morgan fingerprint density at radius 1 is 1.25 bits per heavy atom. The molecule has 0 saturated heterocycles. The third-order valence-electron chi connectivity index (χ3n) is 0.589. The molecule has 8 heavy (non-hydrogen) atoms. The molecule has 0 amide bonds. The zero-order valence-corrected chi connectivity index (χ0v) is 5.72. The summed E-state index contributed by atoms with van der Waals surface area (Å²) in [6, 6.07) is 0. The summed E-state index contributed by atoms with van der Waals surface area (Å²) in [6.45, 7) is 0. The van der Waals surface area contributed by atoms with Crippen LogP contribution in [0.2, 0.25) is 0 Å². The molecule has 3 N–H and O–H groups in total. The highest BCUT2D eigenvalue weighted by Gasteiger charge is 1.97. The molecule has 0 aromatic rings. The molecular weight excluding hydrogens is 176 g/mol. The summed E-state index contributed by atoms with van der Waals surface area (Å²) in [5, 5.41) is 25.2. The molecule has 0 aliphatic heterocycles. The summed E-state index contributed by atoms with van der Waals surface area (Å²) in [5.41, 5.74) is 0. The lowest BCUT2D eigenvalue weighted by Gasteiger charge is -1.93. The number of rotatable bonds is 2. The molecule has 3 nitrogen and oxygen atoms in total. The Kier molecular flexibility index (Phi) is 3.43. The maximum atomic E-state index is 8.48. The lowest BCUT2D eigenvalue weighted by atomic mass is 10.4. The number of alkyl halides is 1. The number of allylic oxidation sites excluding steroid dienone is 1. The van der Waals surface area contributed by atoms with Crippen LogP contribution >= 0.6 is 15.9 Å². The minimum Gasteiger partial charge on any atom is -0.506 e. The fraction of sp³-hybridized carbons (Fsp3) is 0.500. The van der Waals surface area contributed by atoms with Crippen LogP contribution in [0.5, 0.6) is 0 Å². The first-order chi connectivity index (χ1) is 3.68. The first-order valence-corrected chi connectivity index (χ1v) is 3.16. The molecule has 0 atom stereocenters. The molecule has 0 heterocycles. The van der Waals surface area contributed by atoms with Gasteiger partial charge in [-0.15, -0.1) is 0 Å². The van der Waals surface area contributed by atoms with Gasteiger partial charge in [-0.2, -0.15) is 0 Å². The van der Waals surface area contributed by atoms with Crippen LogP contribution in [0.4, 0.5) is 0 Å². The summed E-state index contributed by atoms with van der Waals surface area (Å²) < 4.78 is 0. The van der Waals surface area contributed by atoms with E-state index >= 15 is 0 Å². The van der Waals surface area contributed by atoms with Gasteiger partial charge in [0.15, 0.2) is 5.76 Å². The van der Waals surface area contributed by atoms with Crippen molar-refractivity contribution in [3.05, 3.63) is 11.7 Å². The van der Waals surface area contributed by atoms with Crippen molar-refractivity contribution in [1.29, 1.82) is 0 Å². The van der Waals surface area contributed by atoms with E-state index in [9.17, 15) is 0 Å². The van der Waals surface area contributed by atoms with Gasteiger partial charge in [0.25, 0.3) is 0 Å². The van der Waals surface area contributed by atoms with E-state index < -0.39 is 5.95 Å². The Balaban J connectivity index is 3.62. The molecule has 0 rings (SSSR count). The predicted molar refractivity (Wildman–Crippen MR) is 33.3 cm³/mol. The van der Waals surface area contributed by atoms with Gasteiger partial charge in [0, 0.05) is 11.8 Å². The van der Waals surface area contributed by atoms with Crippen LogP contribution in [-0.4, -0.2) is 20.6 Å². The molecule has 0 aromatic heterocycles. The molecular formula is C4H7BrO3. The van der Waals surface area contributed by atoms with Crippen LogP contribution in [0, 0.1) is 0 Å². The fourth-order valence-corrected chi connectivity index (χ4v) is 0.577. The number of aliphatic hydroxyl groups excluding tert-OH is 2. The van der Waals surface area contributed by atoms with Crippen molar-refractivity contribution in [1.82, 2.24) is 0 Å². The van der Waals surface area contributed by atoms with Crippen molar-refractivity contribution in [2.75, 3.05) is 5.33 Å². The van der Waals surface area contributed by atoms with Gasteiger partial charge in [-0.05, 0) is 0 Å². The summed E-state index contributed by atoms with van der Waals surface area (Å²) in [7, 11) is 0. The van der Waals surface area contributed by atoms with Gasteiger partial charge in [0.1, 0.15) is 0 Å². The molecule has 0 aliphatic rings. The fourth-order valence-electron chi connectivity index (χ4n) is 0.201. The van der Waals surface area contributed by atoms with Crippen LogP contribution in [0.25, 0.3) is 0 Å². The second-order valence-corrected chi connectivity index (χ2v) is 2.00. The van der Waals surface area contributed by atoms with E-state index in [4.69, 9.17) is 15.3 Å². The Labute approximate surface area is 55.4 Å². The van der Waals surface area contributed by atoms with Crippen molar-refractivity contribution in [3.8, 4) is 0 Å². The van der Waals surface area contributed by atoms with Gasteiger partial charge >= 0.3 is 5.95 Å². The van der Waals surface area contributed by atoms with Crippen LogP contribution in [0.1, 0.15) is 6.42 Å². The van der Waals surface area contributed by atoms with Crippen molar-refractivity contribution in [3.63, 3.8) is 0 Å². The lowest BCUT2D eigenvalue weighted by molar-refractivity contribution is 0.155. The minimum absolute atomic E-state index is 0.238. The molecule has 0 bridgehead atoms. The molecule has 0 fully saturated rings. The van der Waals surface area contributed by atoms with Crippen molar-refractivity contribution >= 4 is 15.9 Å². The van der Waals surface area contributed by atoms with Gasteiger partial charge in [-0.3, -0.25) is 0 Å². The van der Waals surface area contributed by atoms with E-state index in [1.807, 2.05) is 0 Å². The number of halogens is 1. The number of hydrogen-bond acceptors (Lipinski definition) is 3. The Hall–Kier alpha value is -0.380. The van der Waals surface area contributed by atoms with E-state index in [-0.39, 0.29) is 12.2 Å². The second-order valence-electron chi connectivity index (χ2n) is 1.21. The number of aliphatic hydroxyl groups is 3. The maximum Gasteiger partial charge on any atom is 0.313 e. The van der Waals surface area contributed by atoms with Gasteiger partial charge in [-0.1, -0.05) is 15.9 Å². The van der Waals surface area contributed by atoms with Gasteiger partial charge < -0.3 is 15.3 Å². The molecule has 48 valence electrons. The standard InChI is InChI=1S/C4H7BrO3/c5-2-1-3(6)4(7)8/h6-8H,1-2H2. The van der Waals surface area contributed by atoms with Crippen LogP contribution < -0.4 is 0 Å². The van der Waals surface area contributed by atoms with Crippen molar-refractivity contribution in [2.24, 2.45) is 0 Å². The molecule has 0 aliphatic carbocycles. The van der Waals surface area contributed by atoms with Gasteiger partial charge in [0.2, 0.25) is 0 Å². The first kappa shape index (κ1) is 7.62. The quantitative estimate of drug-likeness (QED) is 0.450. The van der Waals surface area contributed by atoms with Gasteiger partial charge in [-0.25, -0.2) is 0 Å². The molecule has 0 saturated carbocycles. The lowest BCUT2D eigenvalue weighted by Crippen LogP contribution is -1.89. The third kappa shape index (κ3) is 2.74. The second kappa shape index (κ2) is 3.60. The first-order valence-electron chi connectivity index (χ1n) is 2.04. The molecule has 4 heteroatoms. The van der Waals surface area contributed by atoms with E-state index in [0.717, 1.165) is 0 Å². The summed E-state index contributed by atoms with van der Waals surface area (Å²) in [4.78, 5) is 0. The third-order valence-corrected chi connectivity index (χ3v) is 0.986. The zero-order valence-electron chi connectivity index (χ0n) is 4.13. The smallest absolute Gasteiger partial charge is 0.313 e. The maximum absolute atomic E-state index is 8.48. The van der Waals surface area contributed by atoms with Crippen LogP contribution in [0.15, 0.2) is 11.7 Å². The molecule has 0 aromatic carbocycles.